The van der Waals surface area contributed by atoms with Gasteiger partial charge in [0.25, 0.3) is 0 Å². The molecule has 0 unspecified atom stereocenters. The minimum absolute atomic E-state index is 0.0375. The molecule has 0 aromatic heterocycles. The molecule has 0 radical (unpaired) electrons. The molecule has 0 fully saturated rings. The van der Waals surface area contributed by atoms with Crippen molar-refractivity contribution in [3.05, 3.63) is 35.6 Å². The summed E-state index contributed by atoms with van der Waals surface area (Å²) >= 11 is 0. The Morgan fingerprint density at radius 2 is 1.94 bits per heavy atom. The van der Waals surface area contributed by atoms with E-state index in [1.165, 1.54) is 12.1 Å². The standard InChI is InChI=1S/C12H17FN2O/c1-2-14-7-8-15-12(16)9-10-3-5-11(13)6-4-10/h3-6,14H,2,7-9H2,1H3,(H,15,16). The molecule has 0 heterocycles. The third kappa shape index (κ3) is 4.89. The lowest BCUT2D eigenvalue weighted by molar-refractivity contribution is -0.120. The Kier molecular flexibility index (Phi) is 5.50. The molecule has 0 saturated heterocycles. The number of amides is 1. The Hall–Kier alpha value is -1.42. The smallest absolute Gasteiger partial charge is 0.224 e. The molecule has 1 aromatic rings. The van der Waals surface area contributed by atoms with Gasteiger partial charge in [-0.25, -0.2) is 4.39 Å². The van der Waals surface area contributed by atoms with Crippen molar-refractivity contribution in [2.75, 3.05) is 19.6 Å². The molecule has 1 amide bonds. The van der Waals surface area contributed by atoms with Crippen LogP contribution in [0.5, 0.6) is 0 Å². The summed E-state index contributed by atoms with van der Waals surface area (Å²) in [4.78, 5) is 11.4. The normalized spacial score (nSPS) is 10.1. The Morgan fingerprint density at radius 3 is 2.56 bits per heavy atom. The molecule has 88 valence electrons. The van der Waals surface area contributed by atoms with Crippen LogP contribution in [0.15, 0.2) is 24.3 Å². The molecule has 0 spiro atoms. The van der Waals surface area contributed by atoms with E-state index in [0.717, 1.165) is 18.7 Å². The quantitative estimate of drug-likeness (QED) is 0.710. The molecule has 0 aliphatic rings. The van der Waals surface area contributed by atoms with Gasteiger partial charge in [0, 0.05) is 13.1 Å². The predicted octanol–water partition coefficient (Wildman–Crippen LogP) is 1.09. The number of halogens is 1. The van der Waals surface area contributed by atoms with Crippen LogP contribution in [0.2, 0.25) is 0 Å². The summed E-state index contributed by atoms with van der Waals surface area (Å²) < 4.78 is 12.6. The lowest BCUT2D eigenvalue weighted by atomic mass is 10.1. The molecule has 2 N–H and O–H groups in total. The van der Waals surface area contributed by atoms with Gasteiger partial charge in [0.2, 0.25) is 5.91 Å². The molecule has 0 aliphatic carbocycles. The van der Waals surface area contributed by atoms with Crippen molar-refractivity contribution in [3.8, 4) is 0 Å². The average Bonchev–Trinajstić information content (AvgIpc) is 2.28. The second-order valence-corrected chi connectivity index (χ2v) is 3.51. The zero-order valence-electron chi connectivity index (χ0n) is 9.42. The van der Waals surface area contributed by atoms with Gasteiger partial charge < -0.3 is 10.6 Å². The maximum absolute atomic E-state index is 12.6. The summed E-state index contributed by atoms with van der Waals surface area (Å²) in [6.07, 6.45) is 0.298. The number of carbonyl (C=O) groups is 1. The number of rotatable bonds is 6. The molecular weight excluding hydrogens is 207 g/mol. The van der Waals surface area contributed by atoms with Gasteiger partial charge in [0.15, 0.2) is 0 Å². The van der Waals surface area contributed by atoms with E-state index in [9.17, 15) is 9.18 Å². The summed E-state index contributed by atoms with van der Waals surface area (Å²) in [5.41, 5.74) is 0.822. The van der Waals surface area contributed by atoms with Crippen LogP contribution in [0.4, 0.5) is 4.39 Å². The number of hydrogen-bond donors (Lipinski definition) is 2. The highest BCUT2D eigenvalue weighted by atomic mass is 19.1. The summed E-state index contributed by atoms with van der Waals surface area (Å²) in [5, 5.41) is 5.90. The maximum atomic E-state index is 12.6. The number of carbonyl (C=O) groups excluding carboxylic acids is 1. The molecule has 16 heavy (non-hydrogen) atoms. The van der Waals surface area contributed by atoms with Gasteiger partial charge in [-0.3, -0.25) is 4.79 Å². The number of benzene rings is 1. The van der Waals surface area contributed by atoms with Crippen LogP contribution in [0, 0.1) is 5.82 Å². The molecular formula is C12H17FN2O. The summed E-state index contributed by atoms with van der Waals surface area (Å²) in [6.45, 7) is 4.30. The highest BCUT2D eigenvalue weighted by molar-refractivity contribution is 5.78. The van der Waals surface area contributed by atoms with Gasteiger partial charge in [0.1, 0.15) is 5.82 Å². The fourth-order valence-electron chi connectivity index (χ4n) is 1.32. The van der Waals surface area contributed by atoms with Gasteiger partial charge >= 0.3 is 0 Å². The number of hydrogen-bond acceptors (Lipinski definition) is 2. The lowest BCUT2D eigenvalue weighted by Crippen LogP contribution is -2.32. The number of likely N-dealkylation sites (N-methyl/N-ethyl adjacent to an activating group) is 1. The lowest BCUT2D eigenvalue weighted by Gasteiger charge is -2.05. The molecule has 0 bridgehead atoms. The zero-order valence-corrected chi connectivity index (χ0v) is 9.42. The van der Waals surface area contributed by atoms with Crippen LogP contribution >= 0.6 is 0 Å². The summed E-state index contributed by atoms with van der Waals surface area (Å²) in [7, 11) is 0. The third-order valence-corrected chi connectivity index (χ3v) is 2.15. The van der Waals surface area contributed by atoms with Crippen molar-refractivity contribution in [2.45, 2.75) is 13.3 Å². The molecule has 1 aromatic carbocycles. The highest BCUT2D eigenvalue weighted by Gasteiger charge is 2.02. The van der Waals surface area contributed by atoms with Crippen LogP contribution in [0.3, 0.4) is 0 Å². The number of nitrogens with one attached hydrogen (secondary N) is 2. The predicted molar refractivity (Wildman–Crippen MR) is 61.7 cm³/mol. The SMILES string of the molecule is CCNCCNC(=O)Cc1ccc(F)cc1. The molecule has 0 saturated carbocycles. The van der Waals surface area contributed by atoms with Gasteiger partial charge in [-0.1, -0.05) is 19.1 Å². The van der Waals surface area contributed by atoms with Crippen molar-refractivity contribution < 1.29 is 9.18 Å². The van der Waals surface area contributed by atoms with Crippen molar-refractivity contribution in [3.63, 3.8) is 0 Å². The Labute approximate surface area is 95.0 Å². The van der Waals surface area contributed by atoms with Crippen molar-refractivity contribution in [1.29, 1.82) is 0 Å². The zero-order chi connectivity index (χ0) is 11.8. The van der Waals surface area contributed by atoms with Crippen molar-refractivity contribution >= 4 is 5.91 Å². The Bertz CT molecular complexity index is 324. The second kappa shape index (κ2) is 6.95. The van der Waals surface area contributed by atoms with E-state index < -0.39 is 0 Å². The van der Waals surface area contributed by atoms with Crippen LogP contribution < -0.4 is 10.6 Å². The molecule has 0 atom stereocenters. The van der Waals surface area contributed by atoms with E-state index in [4.69, 9.17) is 0 Å². The van der Waals surface area contributed by atoms with E-state index >= 15 is 0 Å². The first-order valence-corrected chi connectivity index (χ1v) is 5.44. The topological polar surface area (TPSA) is 41.1 Å². The van der Waals surface area contributed by atoms with E-state index in [-0.39, 0.29) is 11.7 Å². The van der Waals surface area contributed by atoms with Crippen molar-refractivity contribution in [2.24, 2.45) is 0 Å². The van der Waals surface area contributed by atoms with Crippen LogP contribution in [-0.4, -0.2) is 25.5 Å². The largest absolute Gasteiger partial charge is 0.355 e. The Balaban J connectivity index is 2.26. The van der Waals surface area contributed by atoms with Crippen LogP contribution in [0.25, 0.3) is 0 Å². The fraction of sp³-hybridized carbons (Fsp3) is 0.417. The minimum Gasteiger partial charge on any atom is -0.355 e. The average molecular weight is 224 g/mol. The highest BCUT2D eigenvalue weighted by Crippen LogP contribution is 2.03. The van der Waals surface area contributed by atoms with E-state index in [1.54, 1.807) is 12.1 Å². The molecule has 1 rings (SSSR count). The van der Waals surface area contributed by atoms with Gasteiger partial charge in [-0.15, -0.1) is 0 Å². The van der Waals surface area contributed by atoms with E-state index in [2.05, 4.69) is 10.6 Å². The van der Waals surface area contributed by atoms with Crippen LogP contribution in [0.1, 0.15) is 12.5 Å². The summed E-state index contributed by atoms with van der Waals surface area (Å²) in [5.74, 6) is -0.319. The van der Waals surface area contributed by atoms with Crippen LogP contribution in [-0.2, 0) is 11.2 Å². The van der Waals surface area contributed by atoms with Gasteiger partial charge in [-0.05, 0) is 24.2 Å². The maximum Gasteiger partial charge on any atom is 0.224 e. The monoisotopic (exact) mass is 224 g/mol. The second-order valence-electron chi connectivity index (χ2n) is 3.51. The van der Waals surface area contributed by atoms with E-state index in [1.807, 2.05) is 6.92 Å². The molecule has 0 aliphatic heterocycles. The van der Waals surface area contributed by atoms with Crippen molar-refractivity contribution in [1.82, 2.24) is 10.6 Å². The molecule has 3 nitrogen and oxygen atoms in total. The Morgan fingerprint density at radius 1 is 1.25 bits per heavy atom. The van der Waals surface area contributed by atoms with Gasteiger partial charge in [-0.2, -0.15) is 0 Å². The first-order chi connectivity index (χ1) is 7.72. The van der Waals surface area contributed by atoms with Gasteiger partial charge in [0.05, 0.1) is 6.42 Å². The first-order valence-electron chi connectivity index (χ1n) is 5.44. The minimum atomic E-state index is -0.281. The third-order valence-electron chi connectivity index (χ3n) is 2.15. The first kappa shape index (κ1) is 12.6. The van der Waals surface area contributed by atoms with E-state index in [0.29, 0.717) is 13.0 Å². The summed E-state index contributed by atoms with van der Waals surface area (Å²) in [6, 6.07) is 5.97. The fourth-order valence-corrected chi connectivity index (χ4v) is 1.32. The molecule has 4 heteroatoms.